The first-order valence-corrected chi connectivity index (χ1v) is 5.99. The average Bonchev–Trinajstić information content (AvgIpc) is 2.84. The number of rotatable bonds is 5. The number of aryl methyl sites for hydroxylation is 2. The number of carbonyl (C=O) groups excluding carboxylic acids is 1. The largest absolute Gasteiger partial charge is 0.334 e. The zero-order chi connectivity index (χ0) is 13.0. The average molecular weight is 246 g/mol. The number of Topliss-reactive ketones (excluding diaryl/α,β-unsaturated/α-hetero) is 1. The van der Waals surface area contributed by atoms with Crippen LogP contribution < -0.4 is 0 Å². The van der Waals surface area contributed by atoms with Crippen LogP contribution in [0.15, 0.2) is 36.7 Å². The van der Waals surface area contributed by atoms with Crippen LogP contribution in [0.2, 0.25) is 0 Å². The van der Waals surface area contributed by atoms with E-state index < -0.39 is 0 Å². The number of hydrogen-bond acceptors (Lipinski definition) is 2. The van der Waals surface area contributed by atoms with Crippen molar-refractivity contribution in [2.24, 2.45) is 0 Å². The van der Waals surface area contributed by atoms with Crippen LogP contribution in [0.25, 0.3) is 0 Å². The smallest absolute Gasteiger partial charge is 0.164 e. The summed E-state index contributed by atoms with van der Waals surface area (Å²) in [5, 5.41) is 0. The van der Waals surface area contributed by atoms with E-state index in [-0.39, 0.29) is 11.6 Å². The summed E-state index contributed by atoms with van der Waals surface area (Å²) in [6.45, 7) is 2.64. The molecule has 2 rings (SSSR count). The molecule has 0 fully saturated rings. The highest BCUT2D eigenvalue weighted by atomic mass is 19.1. The Morgan fingerprint density at radius 3 is 2.72 bits per heavy atom. The van der Waals surface area contributed by atoms with Gasteiger partial charge in [-0.25, -0.2) is 9.37 Å². The van der Waals surface area contributed by atoms with E-state index >= 15 is 0 Å². The second-order valence-electron chi connectivity index (χ2n) is 4.07. The van der Waals surface area contributed by atoms with Gasteiger partial charge in [0.2, 0.25) is 0 Å². The molecule has 1 aromatic heterocycles. The van der Waals surface area contributed by atoms with Crippen LogP contribution in [0.4, 0.5) is 4.39 Å². The highest BCUT2D eigenvalue weighted by Crippen LogP contribution is 2.08. The summed E-state index contributed by atoms with van der Waals surface area (Å²) in [6, 6.07) is 5.66. The van der Waals surface area contributed by atoms with E-state index in [0.717, 1.165) is 12.2 Å². The number of ketones is 1. The zero-order valence-corrected chi connectivity index (χ0v) is 10.3. The van der Waals surface area contributed by atoms with Crippen molar-refractivity contribution in [3.8, 4) is 0 Å². The Hall–Kier alpha value is -1.97. The Kier molecular flexibility index (Phi) is 3.87. The summed E-state index contributed by atoms with van der Waals surface area (Å²) in [4.78, 5) is 16.1. The van der Waals surface area contributed by atoms with Crippen LogP contribution in [0.3, 0.4) is 0 Å². The van der Waals surface area contributed by atoms with E-state index in [9.17, 15) is 9.18 Å². The van der Waals surface area contributed by atoms with Crippen LogP contribution in [0.5, 0.6) is 0 Å². The standard InChI is InChI=1S/C14H15FN2O/c1-2-14-16-8-10-17(14)9-7-13(18)11-3-5-12(15)6-4-11/h3-6,8,10H,2,7,9H2,1H3. The third-order valence-corrected chi connectivity index (χ3v) is 2.86. The first kappa shape index (κ1) is 12.5. The minimum Gasteiger partial charge on any atom is -0.334 e. The van der Waals surface area contributed by atoms with Gasteiger partial charge >= 0.3 is 0 Å². The lowest BCUT2D eigenvalue weighted by Crippen LogP contribution is -2.08. The predicted molar refractivity (Wildman–Crippen MR) is 67.0 cm³/mol. The first-order valence-electron chi connectivity index (χ1n) is 5.99. The van der Waals surface area contributed by atoms with Crippen LogP contribution >= 0.6 is 0 Å². The molecule has 3 nitrogen and oxygen atoms in total. The Morgan fingerprint density at radius 1 is 1.33 bits per heavy atom. The number of hydrogen-bond donors (Lipinski definition) is 0. The van der Waals surface area contributed by atoms with E-state index in [1.807, 2.05) is 17.7 Å². The van der Waals surface area contributed by atoms with Gasteiger partial charge in [0.05, 0.1) is 0 Å². The van der Waals surface area contributed by atoms with Gasteiger partial charge in [0, 0.05) is 37.3 Å². The minimum absolute atomic E-state index is 0.0192. The highest BCUT2D eigenvalue weighted by Gasteiger charge is 2.07. The molecule has 0 saturated carbocycles. The summed E-state index contributed by atoms with van der Waals surface area (Å²) in [5.41, 5.74) is 0.551. The van der Waals surface area contributed by atoms with Gasteiger partial charge in [0.25, 0.3) is 0 Å². The summed E-state index contributed by atoms with van der Waals surface area (Å²) in [5.74, 6) is 0.669. The fraction of sp³-hybridized carbons (Fsp3) is 0.286. The second-order valence-corrected chi connectivity index (χ2v) is 4.07. The van der Waals surface area contributed by atoms with Gasteiger partial charge in [-0.1, -0.05) is 6.92 Å². The molecule has 0 aliphatic rings. The first-order chi connectivity index (χ1) is 8.70. The van der Waals surface area contributed by atoms with E-state index in [1.54, 1.807) is 6.20 Å². The third-order valence-electron chi connectivity index (χ3n) is 2.86. The zero-order valence-electron chi connectivity index (χ0n) is 10.3. The van der Waals surface area contributed by atoms with E-state index in [0.29, 0.717) is 18.5 Å². The maximum Gasteiger partial charge on any atom is 0.164 e. The molecule has 1 heterocycles. The number of carbonyl (C=O) groups is 1. The molecule has 0 radical (unpaired) electrons. The van der Waals surface area contributed by atoms with Crippen LogP contribution in [-0.2, 0) is 13.0 Å². The second kappa shape index (κ2) is 5.58. The molecule has 4 heteroatoms. The van der Waals surface area contributed by atoms with E-state index in [4.69, 9.17) is 0 Å². The maximum atomic E-state index is 12.7. The third kappa shape index (κ3) is 2.83. The molecule has 0 unspecified atom stereocenters. The Balaban J connectivity index is 1.98. The molecular weight excluding hydrogens is 231 g/mol. The van der Waals surface area contributed by atoms with Crippen LogP contribution in [0.1, 0.15) is 29.5 Å². The molecule has 0 aliphatic heterocycles. The molecule has 0 spiro atoms. The summed E-state index contributed by atoms with van der Waals surface area (Å²) in [7, 11) is 0. The highest BCUT2D eigenvalue weighted by molar-refractivity contribution is 5.95. The van der Waals surface area contributed by atoms with Crippen molar-refractivity contribution >= 4 is 5.78 Å². The number of aromatic nitrogens is 2. The van der Waals surface area contributed by atoms with Gasteiger partial charge in [0.15, 0.2) is 5.78 Å². The summed E-state index contributed by atoms with van der Waals surface area (Å²) in [6.07, 6.45) is 4.85. The molecule has 0 bridgehead atoms. The number of benzene rings is 1. The van der Waals surface area contributed by atoms with E-state index in [2.05, 4.69) is 4.98 Å². The van der Waals surface area contributed by atoms with Crippen LogP contribution in [-0.4, -0.2) is 15.3 Å². The number of halogens is 1. The molecule has 0 amide bonds. The van der Waals surface area contributed by atoms with Gasteiger partial charge in [-0.3, -0.25) is 4.79 Å². The van der Waals surface area contributed by atoms with Crippen molar-refractivity contribution in [3.05, 3.63) is 53.9 Å². The van der Waals surface area contributed by atoms with Crippen molar-refractivity contribution in [1.29, 1.82) is 0 Å². The molecular formula is C14H15FN2O. The Morgan fingerprint density at radius 2 is 2.06 bits per heavy atom. The number of nitrogens with zero attached hydrogens (tertiary/aromatic N) is 2. The topological polar surface area (TPSA) is 34.9 Å². The van der Waals surface area contributed by atoms with Gasteiger partial charge in [0.1, 0.15) is 11.6 Å². The van der Waals surface area contributed by atoms with Crippen LogP contribution in [0, 0.1) is 5.82 Å². The van der Waals surface area contributed by atoms with Gasteiger partial charge in [-0.2, -0.15) is 0 Å². The molecule has 0 N–H and O–H groups in total. The fourth-order valence-electron chi connectivity index (χ4n) is 1.86. The van der Waals surface area contributed by atoms with Crippen molar-refractivity contribution in [3.63, 3.8) is 0 Å². The van der Waals surface area contributed by atoms with Gasteiger partial charge in [-0.15, -0.1) is 0 Å². The maximum absolute atomic E-state index is 12.7. The minimum atomic E-state index is -0.325. The number of imidazole rings is 1. The Bertz CT molecular complexity index is 531. The normalized spacial score (nSPS) is 10.6. The molecule has 94 valence electrons. The SMILES string of the molecule is CCc1nccn1CCC(=O)c1ccc(F)cc1. The molecule has 18 heavy (non-hydrogen) atoms. The predicted octanol–water partition coefficient (Wildman–Crippen LogP) is 2.86. The van der Waals surface area contributed by atoms with Crippen molar-refractivity contribution < 1.29 is 9.18 Å². The van der Waals surface area contributed by atoms with Crippen molar-refractivity contribution in [1.82, 2.24) is 9.55 Å². The van der Waals surface area contributed by atoms with E-state index in [1.165, 1.54) is 24.3 Å². The molecule has 2 aromatic rings. The lowest BCUT2D eigenvalue weighted by Gasteiger charge is -2.05. The molecule has 0 saturated heterocycles. The van der Waals surface area contributed by atoms with Crippen molar-refractivity contribution in [2.45, 2.75) is 26.3 Å². The summed E-state index contributed by atoms with van der Waals surface area (Å²) >= 11 is 0. The summed E-state index contributed by atoms with van der Waals surface area (Å²) < 4.78 is 14.7. The van der Waals surface area contributed by atoms with Gasteiger partial charge in [-0.05, 0) is 24.3 Å². The quantitative estimate of drug-likeness (QED) is 0.760. The Labute approximate surface area is 105 Å². The molecule has 1 aromatic carbocycles. The molecule has 0 aliphatic carbocycles. The van der Waals surface area contributed by atoms with Gasteiger partial charge < -0.3 is 4.57 Å². The lowest BCUT2D eigenvalue weighted by atomic mass is 10.1. The lowest BCUT2D eigenvalue weighted by molar-refractivity contribution is 0.0977. The van der Waals surface area contributed by atoms with Crippen molar-refractivity contribution in [2.75, 3.05) is 0 Å². The monoisotopic (exact) mass is 246 g/mol. The fourth-order valence-corrected chi connectivity index (χ4v) is 1.86. The molecule has 0 atom stereocenters.